The molecule has 5 nitrogen and oxygen atoms in total. The lowest BCUT2D eigenvalue weighted by atomic mass is 9.97. The van der Waals surface area contributed by atoms with Crippen molar-refractivity contribution in [1.82, 2.24) is 19.7 Å². The van der Waals surface area contributed by atoms with Crippen molar-refractivity contribution in [3.63, 3.8) is 0 Å². The van der Waals surface area contributed by atoms with E-state index in [1.54, 1.807) is 0 Å². The molecule has 0 atom stereocenters. The minimum atomic E-state index is -0.144. The number of rotatable bonds is 8. The molecule has 0 saturated heterocycles. The fourth-order valence-corrected chi connectivity index (χ4v) is 4.97. The van der Waals surface area contributed by atoms with Crippen molar-refractivity contribution in [2.24, 2.45) is 0 Å². The third kappa shape index (κ3) is 4.71. The first-order chi connectivity index (χ1) is 16.2. The minimum Gasteiger partial charge on any atom is -0.334 e. The summed E-state index contributed by atoms with van der Waals surface area (Å²) in [6.45, 7) is 0. The zero-order valence-electron chi connectivity index (χ0n) is 18.5. The molecule has 6 heteroatoms. The van der Waals surface area contributed by atoms with Gasteiger partial charge in [0.05, 0.1) is 11.8 Å². The van der Waals surface area contributed by atoms with E-state index in [9.17, 15) is 4.79 Å². The van der Waals surface area contributed by atoms with Crippen LogP contribution < -0.4 is 0 Å². The van der Waals surface area contributed by atoms with Crippen LogP contribution in [0.4, 0.5) is 0 Å². The van der Waals surface area contributed by atoms with Gasteiger partial charge in [-0.25, -0.2) is 0 Å². The molecule has 1 heterocycles. The highest BCUT2D eigenvalue weighted by atomic mass is 32.2. The standard InChI is InChI=1S/C27H26N4OS/c1-30(25(20-11-5-2-6-12-20)21-13-7-3-8-14-21)24(32)19-33-27-29-28-26(22-17-18-22)31(27)23-15-9-4-10-16-23/h2-16,22,25H,17-19H2,1H3. The number of para-hydroxylation sites is 1. The minimum absolute atomic E-state index is 0.0493. The van der Waals surface area contributed by atoms with Gasteiger partial charge in [0.2, 0.25) is 5.91 Å². The number of carbonyl (C=O) groups is 1. The van der Waals surface area contributed by atoms with Crippen molar-refractivity contribution in [3.8, 4) is 5.69 Å². The van der Waals surface area contributed by atoms with Crippen LogP contribution in [0.3, 0.4) is 0 Å². The van der Waals surface area contributed by atoms with Gasteiger partial charge in [-0.2, -0.15) is 0 Å². The molecule has 0 spiro atoms. The van der Waals surface area contributed by atoms with Crippen LogP contribution in [-0.2, 0) is 4.79 Å². The quantitative estimate of drug-likeness (QED) is 0.331. The average Bonchev–Trinajstić information content (AvgIpc) is 3.63. The number of amides is 1. The number of thioether (sulfide) groups is 1. The molecule has 1 aromatic heterocycles. The molecule has 1 aliphatic rings. The molecule has 4 aromatic rings. The summed E-state index contributed by atoms with van der Waals surface area (Å²) in [5.74, 6) is 1.80. The third-order valence-electron chi connectivity index (χ3n) is 5.95. The Kier molecular flexibility index (Phi) is 6.26. The molecule has 3 aromatic carbocycles. The molecule has 1 saturated carbocycles. The molecule has 1 fully saturated rings. The monoisotopic (exact) mass is 454 g/mol. The number of nitrogens with zero attached hydrogens (tertiary/aromatic N) is 4. The number of benzene rings is 3. The Morgan fingerprint density at radius 3 is 2.00 bits per heavy atom. The summed E-state index contributed by atoms with van der Waals surface area (Å²) in [6.07, 6.45) is 2.29. The summed E-state index contributed by atoms with van der Waals surface area (Å²) >= 11 is 1.45. The van der Waals surface area contributed by atoms with Gasteiger partial charge in [-0.3, -0.25) is 9.36 Å². The summed E-state index contributed by atoms with van der Waals surface area (Å²) in [5.41, 5.74) is 3.22. The van der Waals surface area contributed by atoms with Crippen LogP contribution in [0.2, 0.25) is 0 Å². The zero-order valence-corrected chi connectivity index (χ0v) is 19.4. The number of carbonyl (C=O) groups excluding carboxylic acids is 1. The Bertz CT molecular complexity index is 1170. The fraction of sp³-hybridized carbons (Fsp3) is 0.222. The number of hydrogen-bond acceptors (Lipinski definition) is 4. The summed E-state index contributed by atoms with van der Waals surface area (Å²) < 4.78 is 2.11. The Labute approximate surface area is 198 Å². The molecule has 0 aliphatic heterocycles. The Morgan fingerprint density at radius 1 is 0.909 bits per heavy atom. The van der Waals surface area contributed by atoms with Crippen molar-refractivity contribution < 1.29 is 4.79 Å². The Morgan fingerprint density at radius 2 is 1.45 bits per heavy atom. The van der Waals surface area contributed by atoms with E-state index < -0.39 is 0 Å². The van der Waals surface area contributed by atoms with Crippen molar-refractivity contribution in [2.75, 3.05) is 12.8 Å². The van der Waals surface area contributed by atoms with Gasteiger partial charge in [-0.1, -0.05) is 90.6 Å². The molecular formula is C27H26N4OS. The lowest BCUT2D eigenvalue weighted by molar-refractivity contribution is -0.128. The van der Waals surface area contributed by atoms with E-state index in [2.05, 4.69) is 51.2 Å². The summed E-state index contributed by atoms with van der Waals surface area (Å²) in [4.78, 5) is 15.2. The van der Waals surface area contributed by atoms with E-state index >= 15 is 0 Å². The van der Waals surface area contributed by atoms with E-state index in [0.29, 0.717) is 11.7 Å². The fourth-order valence-electron chi connectivity index (χ4n) is 4.08. The van der Waals surface area contributed by atoms with Crippen LogP contribution in [0.15, 0.2) is 96.2 Å². The van der Waals surface area contributed by atoms with Gasteiger partial charge in [0, 0.05) is 18.7 Å². The molecule has 0 unspecified atom stereocenters. The van der Waals surface area contributed by atoms with Gasteiger partial charge in [0.25, 0.3) is 0 Å². The van der Waals surface area contributed by atoms with Gasteiger partial charge in [0.1, 0.15) is 5.82 Å². The maximum Gasteiger partial charge on any atom is 0.233 e. The highest BCUT2D eigenvalue weighted by Crippen LogP contribution is 2.41. The molecule has 166 valence electrons. The summed E-state index contributed by atoms with van der Waals surface area (Å²) in [6, 6.07) is 30.4. The van der Waals surface area contributed by atoms with E-state index in [-0.39, 0.29) is 11.9 Å². The van der Waals surface area contributed by atoms with Crippen LogP contribution >= 0.6 is 11.8 Å². The second-order valence-corrected chi connectivity index (χ2v) is 9.25. The highest BCUT2D eigenvalue weighted by Gasteiger charge is 2.31. The largest absolute Gasteiger partial charge is 0.334 e. The SMILES string of the molecule is CN(C(=O)CSc1nnc(C2CC2)n1-c1ccccc1)C(c1ccccc1)c1ccccc1. The smallest absolute Gasteiger partial charge is 0.233 e. The summed E-state index contributed by atoms with van der Waals surface area (Å²) in [5, 5.41) is 9.69. The zero-order chi connectivity index (χ0) is 22.6. The van der Waals surface area contributed by atoms with Gasteiger partial charge in [-0.05, 0) is 36.1 Å². The second kappa shape index (κ2) is 9.63. The highest BCUT2D eigenvalue weighted by molar-refractivity contribution is 7.99. The van der Waals surface area contributed by atoms with Gasteiger partial charge >= 0.3 is 0 Å². The van der Waals surface area contributed by atoms with Crippen molar-refractivity contribution in [2.45, 2.75) is 30.0 Å². The topological polar surface area (TPSA) is 51.0 Å². The van der Waals surface area contributed by atoms with Crippen molar-refractivity contribution in [3.05, 3.63) is 108 Å². The third-order valence-corrected chi connectivity index (χ3v) is 6.87. The average molecular weight is 455 g/mol. The first-order valence-electron chi connectivity index (χ1n) is 11.2. The van der Waals surface area contributed by atoms with E-state index in [4.69, 9.17) is 0 Å². The predicted octanol–water partition coefficient (Wildman–Crippen LogP) is 5.48. The van der Waals surface area contributed by atoms with Crippen molar-refractivity contribution in [1.29, 1.82) is 0 Å². The van der Waals surface area contributed by atoms with E-state index in [1.165, 1.54) is 11.8 Å². The Hall–Kier alpha value is -3.38. The molecule has 0 N–H and O–H groups in total. The number of hydrogen-bond donors (Lipinski definition) is 0. The number of aromatic nitrogens is 3. The first kappa shape index (κ1) is 21.5. The maximum atomic E-state index is 13.4. The molecule has 5 rings (SSSR count). The maximum absolute atomic E-state index is 13.4. The van der Waals surface area contributed by atoms with Crippen LogP contribution in [0.1, 0.15) is 41.8 Å². The molecule has 1 amide bonds. The summed E-state index contributed by atoms with van der Waals surface area (Å²) in [7, 11) is 1.88. The second-order valence-electron chi connectivity index (χ2n) is 8.30. The Balaban J connectivity index is 1.38. The first-order valence-corrected chi connectivity index (χ1v) is 12.2. The van der Waals surface area contributed by atoms with E-state index in [0.717, 1.165) is 40.6 Å². The molecule has 33 heavy (non-hydrogen) atoms. The lowest BCUT2D eigenvalue weighted by Crippen LogP contribution is -2.33. The molecule has 0 radical (unpaired) electrons. The molecular weight excluding hydrogens is 428 g/mol. The lowest BCUT2D eigenvalue weighted by Gasteiger charge is -2.29. The van der Waals surface area contributed by atoms with Gasteiger partial charge in [-0.15, -0.1) is 10.2 Å². The van der Waals surface area contributed by atoms with Crippen LogP contribution in [-0.4, -0.2) is 38.4 Å². The molecule has 0 bridgehead atoms. The molecule has 1 aliphatic carbocycles. The van der Waals surface area contributed by atoms with E-state index in [1.807, 2.05) is 66.5 Å². The van der Waals surface area contributed by atoms with Gasteiger partial charge in [0.15, 0.2) is 5.16 Å². The van der Waals surface area contributed by atoms with Crippen LogP contribution in [0.25, 0.3) is 5.69 Å². The van der Waals surface area contributed by atoms with Crippen LogP contribution in [0.5, 0.6) is 0 Å². The predicted molar refractivity (Wildman–Crippen MR) is 132 cm³/mol. The van der Waals surface area contributed by atoms with Gasteiger partial charge < -0.3 is 4.90 Å². The van der Waals surface area contributed by atoms with Crippen molar-refractivity contribution >= 4 is 17.7 Å². The van der Waals surface area contributed by atoms with Crippen LogP contribution in [0, 0.1) is 0 Å². The normalized spacial score (nSPS) is 13.3.